The Hall–Kier alpha value is -3.24. The molecule has 0 aliphatic carbocycles. The first-order chi connectivity index (χ1) is 14.9. The summed E-state index contributed by atoms with van der Waals surface area (Å²) in [6.07, 6.45) is 1.65. The van der Waals surface area contributed by atoms with Crippen LogP contribution in [-0.2, 0) is 9.59 Å². The van der Waals surface area contributed by atoms with Gasteiger partial charge in [-0.3, -0.25) is 14.5 Å². The van der Waals surface area contributed by atoms with Gasteiger partial charge in [-0.25, -0.2) is 0 Å². The topological polar surface area (TPSA) is 97.3 Å². The number of phenols is 1. The van der Waals surface area contributed by atoms with Gasteiger partial charge >= 0.3 is 0 Å². The quantitative estimate of drug-likeness (QED) is 0.369. The number of hydrogen-bond donors (Lipinski definition) is 2. The highest BCUT2D eigenvalue weighted by Gasteiger charge is 2.33. The second-order valence-electron chi connectivity index (χ2n) is 6.32. The minimum Gasteiger partial charge on any atom is -0.508 e. The van der Waals surface area contributed by atoms with Crippen molar-refractivity contribution in [3.8, 4) is 23.0 Å². The Morgan fingerprint density at radius 2 is 1.74 bits per heavy atom. The van der Waals surface area contributed by atoms with Crippen LogP contribution in [0.5, 0.6) is 23.0 Å². The molecule has 1 saturated heterocycles. The van der Waals surface area contributed by atoms with Crippen molar-refractivity contribution in [1.29, 1.82) is 0 Å². The van der Waals surface area contributed by atoms with Crippen LogP contribution in [0.3, 0.4) is 0 Å². The van der Waals surface area contributed by atoms with Crippen LogP contribution >= 0.6 is 24.0 Å². The summed E-state index contributed by atoms with van der Waals surface area (Å²) in [7, 11) is 4.52. The number of thioether (sulfide) groups is 1. The number of phenolic OH excluding ortho intramolecular Hbond substituents is 1. The molecule has 1 heterocycles. The molecule has 0 radical (unpaired) electrons. The summed E-state index contributed by atoms with van der Waals surface area (Å²) in [6.45, 7) is -0.224. The third kappa shape index (κ3) is 5.09. The molecular weight excluding hydrogens is 440 g/mol. The molecule has 8 nitrogen and oxygen atoms in total. The Kier molecular flexibility index (Phi) is 7.03. The number of thiocarbonyl (C=S) groups is 1. The second kappa shape index (κ2) is 9.71. The molecule has 1 aliphatic heterocycles. The number of anilines is 1. The average Bonchev–Trinajstić information content (AvgIpc) is 3.01. The lowest BCUT2D eigenvalue weighted by Crippen LogP contribution is -2.36. The van der Waals surface area contributed by atoms with Crippen molar-refractivity contribution in [3.63, 3.8) is 0 Å². The fourth-order valence-corrected chi connectivity index (χ4v) is 4.12. The van der Waals surface area contributed by atoms with Gasteiger partial charge in [-0.2, -0.15) is 0 Å². The lowest BCUT2D eigenvalue weighted by Gasteiger charge is -2.14. The van der Waals surface area contributed by atoms with Crippen molar-refractivity contribution in [2.24, 2.45) is 0 Å². The standard InChI is InChI=1S/C21H20N2O6S2/c1-27-15-8-12(9-16(28-2)19(15)29-3)10-17-20(26)23(21(30)31-17)11-18(25)22-13-4-6-14(24)7-5-13/h4-10,24H,11H2,1-3H3,(H,22,25)/b17-10-. The van der Waals surface area contributed by atoms with Crippen molar-refractivity contribution in [1.82, 2.24) is 4.90 Å². The van der Waals surface area contributed by atoms with E-state index in [-0.39, 0.29) is 22.5 Å². The highest BCUT2D eigenvalue weighted by atomic mass is 32.2. The molecule has 31 heavy (non-hydrogen) atoms. The van der Waals surface area contributed by atoms with Crippen molar-refractivity contribution in [3.05, 3.63) is 46.9 Å². The summed E-state index contributed by atoms with van der Waals surface area (Å²) in [4.78, 5) is 26.8. The second-order valence-corrected chi connectivity index (χ2v) is 8.00. The number of ether oxygens (including phenoxy) is 3. The van der Waals surface area contributed by atoms with E-state index in [1.54, 1.807) is 30.3 Å². The monoisotopic (exact) mass is 460 g/mol. The van der Waals surface area contributed by atoms with Crippen LogP contribution in [0.1, 0.15) is 5.56 Å². The van der Waals surface area contributed by atoms with Gasteiger partial charge in [-0.05, 0) is 48.0 Å². The number of methoxy groups -OCH3 is 3. The molecule has 2 amide bonds. The third-order valence-corrected chi connectivity index (χ3v) is 5.69. The van der Waals surface area contributed by atoms with Crippen LogP contribution in [0, 0.1) is 0 Å². The van der Waals surface area contributed by atoms with Crippen LogP contribution < -0.4 is 19.5 Å². The van der Waals surface area contributed by atoms with Crippen LogP contribution in [0.25, 0.3) is 6.08 Å². The van der Waals surface area contributed by atoms with Gasteiger partial charge in [0.05, 0.1) is 26.2 Å². The zero-order valence-corrected chi connectivity index (χ0v) is 18.6. The van der Waals surface area contributed by atoms with E-state index in [9.17, 15) is 14.7 Å². The van der Waals surface area contributed by atoms with Crippen molar-refractivity contribution < 1.29 is 28.9 Å². The molecule has 0 aromatic heterocycles. The number of benzene rings is 2. The van der Waals surface area contributed by atoms with Crippen molar-refractivity contribution >= 4 is 51.9 Å². The number of carbonyl (C=O) groups is 2. The van der Waals surface area contributed by atoms with E-state index < -0.39 is 5.91 Å². The number of nitrogens with one attached hydrogen (secondary N) is 1. The highest BCUT2D eigenvalue weighted by Crippen LogP contribution is 2.40. The third-order valence-electron chi connectivity index (χ3n) is 4.31. The predicted molar refractivity (Wildman–Crippen MR) is 123 cm³/mol. The number of aromatic hydroxyl groups is 1. The van der Waals surface area contributed by atoms with Crippen LogP contribution in [-0.4, -0.2) is 54.0 Å². The maximum atomic E-state index is 12.8. The van der Waals surface area contributed by atoms with Crippen LogP contribution in [0.4, 0.5) is 5.69 Å². The minimum absolute atomic E-state index is 0.0897. The first-order valence-corrected chi connectivity index (χ1v) is 10.2. The van der Waals surface area contributed by atoms with E-state index >= 15 is 0 Å². The molecule has 1 fully saturated rings. The average molecular weight is 461 g/mol. The van der Waals surface area contributed by atoms with E-state index in [1.165, 1.54) is 38.4 Å². The molecule has 2 aromatic carbocycles. The van der Waals surface area contributed by atoms with Gasteiger partial charge in [0.1, 0.15) is 16.6 Å². The number of nitrogens with zero attached hydrogens (tertiary/aromatic N) is 1. The maximum absolute atomic E-state index is 12.8. The molecular formula is C21H20N2O6S2. The number of amides is 2. The Morgan fingerprint density at radius 1 is 1.13 bits per heavy atom. The number of carbonyl (C=O) groups excluding carboxylic acids is 2. The summed E-state index contributed by atoms with van der Waals surface area (Å²) < 4.78 is 16.3. The molecule has 0 atom stereocenters. The van der Waals surface area contributed by atoms with Crippen molar-refractivity contribution in [2.45, 2.75) is 0 Å². The van der Waals surface area contributed by atoms with Gasteiger partial charge in [0, 0.05) is 5.69 Å². The van der Waals surface area contributed by atoms with Crippen LogP contribution in [0.2, 0.25) is 0 Å². The molecule has 1 aliphatic rings. The lowest BCUT2D eigenvalue weighted by molar-refractivity contribution is -0.126. The van der Waals surface area contributed by atoms with Gasteiger partial charge in [-0.1, -0.05) is 24.0 Å². The van der Waals surface area contributed by atoms with Crippen LogP contribution in [0.15, 0.2) is 41.3 Å². The van der Waals surface area contributed by atoms with E-state index in [2.05, 4.69) is 5.32 Å². The van der Waals surface area contributed by atoms with Gasteiger partial charge in [0.15, 0.2) is 11.5 Å². The Morgan fingerprint density at radius 3 is 2.29 bits per heavy atom. The van der Waals surface area contributed by atoms with E-state index in [0.29, 0.717) is 33.4 Å². The number of hydrogen-bond acceptors (Lipinski definition) is 8. The molecule has 0 saturated carbocycles. The van der Waals surface area contributed by atoms with E-state index in [1.807, 2.05) is 0 Å². The predicted octanol–water partition coefficient (Wildman–Crippen LogP) is 3.26. The molecule has 2 N–H and O–H groups in total. The zero-order valence-electron chi connectivity index (χ0n) is 17.0. The molecule has 2 aromatic rings. The fraction of sp³-hybridized carbons (Fsp3) is 0.190. The maximum Gasteiger partial charge on any atom is 0.266 e. The van der Waals surface area contributed by atoms with E-state index in [4.69, 9.17) is 26.4 Å². The summed E-state index contributed by atoms with van der Waals surface area (Å²) in [5.74, 6) is 0.668. The summed E-state index contributed by atoms with van der Waals surface area (Å²) in [5, 5.41) is 12.0. The Labute approximate surface area is 188 Å². The largest absolute Gasteiger partial charge is 0.508 e. The van der Waals surface area contributed by atoms with Crippen molar-refractivity contribution in [2.75, 3.05) is 33.2 Å². The molecule has 0 bridgehead atoms. The normalized spacial score (nSPS) is 14.7. The summed E-state index contributed by atoms with van der Waals surface area (Å²) >= 11 is 6.40. The molecule has 0 unspecified atom stereocenters. The SMILES string of the molecule is COc1cc(/C=C2\SC(=S)N(CC(=O)Nc3ccc(O)cc3)C2=O)cc(OC)c1OC. The zero-order chi connectivity index (χ0) is 22.5. The number of rotatable bonds is 7. The first kappa shape index (κ1) is 22.4. The Balaban J connectivity index is 1.77. The fourth-order valence-electron chi connectivity index (χ4n) is 2.86. The minimum atomic E-state index is -0.406. The lowest BCUT2D eigenvalue weighted by atomic mass is 10.1. The van der Waals surface area contributed by atoms with Gasteiger partial charge in [0.2, 0.25) is 11.7 Å². The van der Waals surface area contributed by atoms with E-state index in [0.717, 1.165) is 11.8 Å². The smallest absolute Gasteiger partial charge is 0.266 e. The highest BCUT2D eigenvalue weighted by molar-refractivity contribution is 8.26. The summed E-state index contributed by atoms with van der Waals surface area (Å²) in [6, 6.07) is 9.45. The molecule has 10 heteroatoms. The molecule has 0 spiro atoms. The summed E-state index contributed by atoms with van der Waals surface area (Å²) in [5.41, 5.74) is 1.16. The first-order valence-electron chi connectivity index (χ1n) is 9.00. The van der Waals surface area contributed by atoms with Gasteiger partial charge in [-0.15, -0.1) is 0 Å². The molecule has 3 rings (SSSR count). The Bertz CT molecular complexity index is 1030. The molecule has 162 valence electrons. The van der Waals surface area contributed by atoms with Gasteiger partial charge in [0.25, 0.3) is 5.91 Å². The van der Waals surface area contributed by atoms with Gasteiger partial charge < -0.3 is 24.6 Å².